The smallest absolute Gasteiger partial charge is 0.261 e. The Balaban J connectivity index is 2.35. The van der Waals surface area contributed by atoms with Gasteiger partial charge in [0.15, 0.2) is 0 Å². The summed E-state index contributed by atoms with van der Waals surface area (Å²) in [5.41, 5.74) is -1.52. The standard InChI is InChI=1S/C20H24N2O4/c1-5-7-11(3)21-17(23)13-9-15-16(10-14(13)18(21)24)20(26)22(19(15)25)12(4)8-6-2/h9-12H,5-8H2,1-4H3. The van der Waals surface area contributed by atoms with E-state index in [9.17, 15) is 19.2 Å². The van der Waals surface area contributed by atoms with Gasteiger partial charge >= 0.3 is 0 Å². The van der Waals surface area contributed by atoms with Crippen LogP contribution in [0.5, 0.6) is 0 Å². The maximum absolute atomic E-state index is 12.7. The molecule has 0 aliphatic rings. The van der Waals surface area contributed by atoms with Crippen molar-refractivity contribution < 1.29 is 0 Å². The zero-order valence-corrected chi connectivity index (χ0v) is 15.7. The lowest BCUT2D eigenvalue weighted by molar-refractivity contribution is 0.482. The van der Waals surface area contributed by atoms with Crippen LogP contribution in [0, 0.1) is 0 Å². The molecule has 0 bridgehead atoms. The number of hydrogen-bond donors (Lipinski definition) is 0. The van der Waals surface area contributed by atoms with Gasteiger partial charge in [-0.15, -0.1) is 0 Å². The summed E-state index contributed by atoms with van der Waals surface area (Å²) in [5, 5.41) is 0.899. The van der Waals surface area contributed by atoms with E-state index in [0.717, 1.165) is 12.8 Å². The first-order valence-electron chi connectivity index (χ1n) is 9.27. The minimum atomic E-state index is -0.381. The van der Waals surface area contributed by atoms with E-state index in [4.69, 9.17) is 0 Å². The van der Waals surface area contributed by atoms with Crippen molar-refractivity contribution in [1.82, 2.24) is 9.13 Å². The molecule has 0 N–H and O–H groups in total. The van der Waals surface area contributed by atoms with Crippen molar-refractivity contribution in [1.29, 1.82) is 0 Å². The van der Waals surface area contributed by atoms with Crippen LogP contribution in [0.4, 0.5) is 0 Å². The predicted molar refractivity (Wildman–Crippen MR) is 104 cm³/mol. The van der Waals surface area contributed by atoms with E-state index >= 15 is 0 Å². The highest BCUT2D eigenvalue weighted by Gasteiger charge is 2.22. The lowest BCUT2D eigenvalue weighted by Gasteiger charge is -2.09. The van der Waals surface area contributed by atoms with Crippen molar-refractivity contribution in [2.24, 2.45) is 0 Å². The fraction of sp³-hybridized carbons (Fsp3) is 0.500. The summed E-state index contributed by atoms with van der Waals surface area (Å²) in [7, 11) is 0. The molecule has 138 valence electrons. The molecule has 6 nitrogen and oxygen atoms in total. The van der Waals surface area contributed by atoms with Crippen LogP contribution < -0.4 is 22.2 Å². The molecule has 1 aromatic carbocycles. The lowest BCUT2D eigenvalue weighted by Crippen LogP contribution is -2.29. The Morgan fingerprint density at radius 3 is 1.15 bits per heavy atom. The minimum Gasteiger partial charge on any atom is -0.272 e. The largest absolute Gasteiger partial charge is 0.272 e. The molecule has 0 saturated carbocycles. The Hall–Kier alpha value is -2.50. The molecule has 0 radical (unpaired) electrons. The van der Waals surface area contributed by atoms with Gasteiger partial charge in [0.05, 0.1) is 21.5 Å². The van der Waals surface area contributed by atoms with Gasteiger partial charge in [-0.25, -0.2) is 0 Å². The van der Waals surface area contributed by atoms with Crippen molar-refractivity contribution in [3.63, 3.8) is 0 Å². The van der Waals surface area contributed by atoms with Gasteiger partial charge in [-0.2, -0.15) is 0 Å². The summed E-state index contributed by atoms with van der Waals surface area (Å²) in [6, 6.07) is 2.44. The molecule has 2 heterocycles. The average Bonchev–Trinajstić information content (AvgIpc) is 2.98. The van der Waals surface area contributed by atoms with Gasteiger partial charge < -0.3 is 0 Å². The molecule has 0 amide bonds. The maximum Gasteiger partial charge on any atom is 0.261 e. The van der Waals surface area contributed by atoms with Crippen LogP contribution in [0.1, 0.15) is 65.5 Å². The van der Waals surface area contributed by atoms with Crippen LogP contribution in [0.3, 0.4) is 0 Å². The van der Waals surface area contributed by atoms with Gasteiger partial charge in [0.2, 0.25) is 0 Å². The van der Waals surface area contributed by atoms with Gasteiger partial charge in [-0.3, -0.25) is 28.3 Å². The van der Waals surface area contributed by atoms with E-state index in [-0.39, 0.29) is 55.9 Å². The molecule has 3 rings (SSSR count). The zero-order chi connectivity index (χ0) is 19.2. The summed E-state index contributed by atoms with van der Waals surface area (Å²) in [5.74, 6) is 0. The summed E-state index contributed by atoms with van der Waals surface area (Å²) >= 11 is 0. The molecule has 0 aliphatic heterocycles. The first-order chi connectivity index (χ1) is 12.3. The van der Waals surface area contributed by atoms with E-state index in [1.807, 2.05) is 27.7 Å². The Morgan fingerprint density at radius 2 is 0.923 bits per heavy atom. The second-order valence-electron chi connectivity index (χ2n) is 7.18. The summed E-state index contributed by atoms with van der Waals surface area (Å²) in [6.45, 7) is 7.66. The highest BCUT2D eigenvalue weighted by atomic mass is 16.2. The molecule has 0 spiro atoms. The molecule has 3 aromatic rings. The van der Waals surface area contributed by atoms with Crippen LogP contribution in [-0.2, 0) is 0 Å². The van der Waals surface area contributed by atoms with Crippen molar-refractivity contribution in [2.75, 3.05) is 0 Å². The monoisotopic (exact) mass is 356 g/mol. The topological polar surface area (TPSA) is 78.1 Å². The van der Waals surface area contributed by atoms with Gasteiger partial charge in [-0.1, -0.05) is 26.7 Å². The average molecular weight is 356 g/mol. The summed E-state index contributed by atoms with van der Waals surface area (Å²) in [4.78, 5) is 50.9. The molecule has 2 atom stereocenters. The SMILES string of the molecule is CCCC(C)n1c(=O)c2cc3c(=O)n(C(C)CCC)c(=O)c3cc2c1=O. The Morgan fingerprint density at radius 1 is 0.654 bits per heavy atom. The van der Waals surface area contributed by atoms with Crippen molar-refractivity contribution in [3.05, 3.63) is 53.5 Å². The molecular weight excluding hydrogens is 332 g/mol. The Bertz CT molecular complexity index is 1010. The highest BCUT2D eigenvalue weighted by Crippen LogP contribution is 2.19. The number of aromatic nitrogens is 2. The van der Waals surface area contributed by atoms with Crippen molar-refractivity contribution >= 4 is 21.5 Å². The van der Waals surface area contributed by atoms with Crippen molar-refractivity contribution in [3.8, 4) is 0 Å². The third-order valence-electron chi connectivity index (χ3n) is 5.25. The summed E-state index contributed by atoms with van der Waals surface area (Å²) < 4.78 is 2.49. The molecule has 6 heteroatoms. The van der Waals surface area contributed by atoms with Crippen LogP contribution in [0.25, 0.3) is 21.5 Å². The minimum absolute atomic E-state index is 0.213. The second-order valence-corrected chi connectivity index (χ2v) is 7.18. The van der Waals surface area contributed by atoms with Crippen LogP contribution in [0.15, 0.2) is 31.3 Å². The molecule has 2 aromatic heterocycles. The quantitative estimate of drug-likeness (QED) is 0.680. The second kappa shape index (κ2) is 6.67. The fourth-order valence-electron chi connectivity index (χ4n) is 3.91. The molecule has 0 fully saturated rings. The number of rotatable bonds is 6. The molecular formula is C20H24N2O4. The maximum atomic E-state index is 12.7. The first-order valence-corrected chi connectivity index (χ1v) is 9.27. The van der Waals surface area contributed by atoms with Gasteiger partial charge in [0.25, 0.3) is 22.2 Å². The lowest BCUT2D eigenvalue weighted by atomic mass is 10.1. The van der Waals surface area contributed by atoms with E-state index < -0.39 is 0 Å². The Labute approximate surface area is 150 Å². The number of fused-ring (bicyclic) bond motifs is 2. The molecule has 0 saturated heterocycles. The van der Waals surface area contributed by atoms with Crippen molar-refractivity contribution in [2.45, 2.75) is 65.5 Å². The molecule has 26 heavy (non-hydrogen) atoms. The van der Waals surface area contributed by atoms with Gasteiger partial charge in [-0.05, 0) is 38.8 Å². The third-order valence-corrected chi connectivity index (χ3v) is 5.25. The van der Waals surface area contributed by atoms with Crippen LogP contribution in [0.2, 0.25) is 0 Å². The normalized spacial score (nSPS) is 14.3. The van der Waals surface area contributed by atoms with Crippen LogP contribution >= 0.6 is 0 Å². The van der Waals surface area contributed by atoms with E-state index in [2.05, 4.69) is 0 Å². The fourth-order valence-corrected chi connectivity index (χ4v) is 3.91. The number of benzene rings is 1. The zero-order valence-electron chi connectivity index (χ0n) is 15.7. The number of hydrogen-bond acceptors (Lipinski definition) is 4. The Kier molecular flexibility index (Phi) is 4.69. The molecule has 0 aliphatic carbocycles. The van der Waals surface area contributed by atoms with Gasteiger partial charge in [0.1, 0.15) is 0 Å². The first kappa shape index (κ1) is 18.3. The van der Waals surface area contributed by atoms with E-state index in [1.54, 1.807) is 0 Å². The highest BCUT2D eigenvalue weighted by molar-refractivity contribution is 5.97. The van der Waals surface area contributed by atoms with E-state index in [1.165, 1.54) is 21.3 Å². The third kappa shape index (κ3) is 2.55. The molecule has 2 unspecified atom stereocenters. The van der Waals surface area contributed by atoms with E-state index in [0.29, 0.717) is 12.8 Å². The van der Waals surface area contributed by atoms with Crippen LogP contribution in [-0.4, -0.2) is 9.13 Å². The van der Waals surface area contributed by atoms with Gasteiger partial charge in [0, 0.05) is 12.1 Å². The summed E-state index contributed by atoms with van der Waals surface area (Å²) in [6.07, 6.45) is 3.13. The predicted octanol–water partition coefficient (Wildman–Crippen LogP) is 2.63. The number of nitrogens with zero attached hydrogens (tertiary/aromatic N) is 2.